The van der Waals surface area contributed by atoms with Crippen molar-refractivity contribution in [2.45, 2.75) is 31.6 Å². The average Bonchev–Trinajstić information content (AvgIpc) is 3.13. The highest BCUT2D eigenvalue weighted by Gasteiger charge is 2.29. The summed E-state index contributed by atoms with van der Waals surface area (Å²) in [6.07, 6.45) is 3.93. The molecule has 1 aromatic heterocycles. The maximum Gasteiger partial charge on any atom is 0.271 e. The molecule has 0 atom stereocenters. The number of nitrogens with zero attached hydrogens (tertiary/aromatic N) is 4. The fraction of sp³-hybridized carbons (Fsp3) is 0.667. The summed E-state index contributed by atoms with van der Waals surface area (Å²) in [5, 5.41) is 4.43. The molecule has 1 saturated carbocycles. The van der Waals surface area contributed by atoms with E-state index in [9.17, 15) is 9.59 Å². The van der Waals surface area contributed by atoms with Crippen LogP contribution in [0.2, 0.25) is 0 Å². The number of aromatic nitrogens is 2. The van der Waals surface area contributed by atoms with E-state index in [1.165, 1.54) is 12.8 Å². The van der Waals surface area contributed by atoms with Crippen LogP contribution in [0.5, 0.6) is 0 Å². The first-order chi connectivity index (χ1) is 10.1. The highest BCUT2D eigenvalue weighted by molar-refractivity contribution is 5.92. The zero-order chi connectivity index (χ0) is 15.0. The second kappa shape index (κ2) is 5.50. The van der Waals surface area contributed by atoms with Crippen molar-refractivity contribution in [2.75, 3.05) is 26.7 Å². The van der Waals surface area contributed by atoms with Crippen molar-refractivity contribution in [3.05, 3.63) is 17.5 Å². The molecule has 114 valence electrons. The van der Waals surface area contributed by atoms with Crippen molar-refractivity contribution in [1.29, 1.82) is 0 Å². The van der Waals surface area contributed by atoms with Gasteiger partial charge in [0, 0.05) is 46.1 Å². The van der Waals surface area contributed by atoms with E-state index >= 15 is 0 Å². The van der Waals surface area contributed by atoms with Crippen molar-refractivity contribution in [3.8, 4) is 0 Å². The summed E-state index contributed by atoms with van der Waals surface area (Å²) < 4.78 is 1.67. The number of carbonyl (C=O) groups is 2. The molecule has 1 aliphatic heterocycles. The summed E-state index contributed by atoms with van der Waals surface area (Å²) in [5.74, 6) is 0.723. The number of aryl methyl sites for hydroxylation is 1. The van der Waals surface area contributed by atoms with Gasteiger partial charge in [0.25, 0.3) is 5.91 Å². The zero-order valence-electron chi connectivity index (χ0n) is 12.7. The Balaban J connectivity index is 1.59. The molecule has 0 bridgehead atoms. The number of rotatable bonds is 5. The van der Waals surface area contributed by atoms with Crippen molar-refractivity contribution in [1.82, 2.24) is 19.6 Å². The normalized spacial score (nSPS) is 18.4. The Kier molecular flexibility index (Phi) is 3.69. The summed E-state index contributed by atoms with van der Waals surface area (Å²) in [6, 6.07) is 1.91. The fourth-order valence-corrected chi connectivity index (χ4v) is 2.78. The molecule has 0 N–H and O–H groups in total. The lowest BCUT2D eigenvalue weighted by molar-refractivity contribution is -0.127. The van der Waals surface area contributed by atoms with Gasteiger partial charge in [0.05, 0.1) is 5.69 Å². The standard InChI is InChI=1S/C15H22N4O2/c1-17(8-9-19-7-3-4-14(19)20)15(21)13-10-12(11-5-6-11)16-18(13)2/h10-11H,3-9H2,1-2H3. The molecule has 6 nitrogen and oxygen atoms in total. The monoisotopic (exact) mass is 290 g/mol. The van der Waals surface area contributed by atoms with Gasteiger partial charge in [0.1, 0.15) is 5.69 Å². The third kappa shape index (κ3) is 2.94. The van der Waals surface area contributed by atoms with Crippen molar-refractivity contribution in [2.24, 2.45) is 7.05 Å². The van der Waals surface area contributed by atoms with E-state index in [1.54, 1.807) is 16.6 Å². The van der Waals surface area contributed by atoms with E-state index in [2.05, 4.69) is 5.10 Å². The Hall–Kier alpha value is -1.85. The lowest BCUT2D eigenvalue weighted by Crippen LogP contribution is -2.37. The van der Waals surface area contributed by atoms with Crippen LogP contribution in [-0.4, -0.2) is 58.1 Å². The first kappa shape index (κ1) is 14.1. The number of amides is 2. The lowest BCUT2D eigenvalue weighted by atomic mass is 10.2. The molecule has 2 aliphatic rings. The summed E-state index contributed by atoms with van der Waals surface area (Å²) in [6.45, 7) is 2.00. The van der Waals surface area contributed by atoms with Gasteiger partial charge in [0.15, 0.2) is 0 Å². The van der Waals surface area contributed by atoms with Gasteiger partial charge in [-0.25, -0.2) is 0 Å². The smallest absolute Gasteiger partial charge is 0.271 e. The first-order valence-corrected chi connectivity index (χ1v) is 7.63. The van der Waals surface area contributed by atoms with E-state index in [1.807, 2.05) is 18.0 Å². The maximum atomic E-state index is 12.5. The van der Waals surface area contributed by atoms with Crippen LogP contribution in [0.25, 0.3) is 0 Å². The number of hydrogen-bond donors (Lipinski definition) is 0. The number of carbonyl (C=O) groups excluding carboxylic acids is 2. The van der Waals surface area contributed by atoms with Crippen LogP contribution in [0, 0.1) is 0 Å². The van der Waals surface area contributed by atoms with Crippen LogP contribution in [0.15, 0.2) is 6.07 Å². The molecule has 1 saturated heterocycles. The highest BCUT2D eigenvalue weighted by Crippen LogP contribution is 2.39. The second-order valence-electron chi connectivity index (χ2n) is 6.06. The van der Waals surface area contributed by atoms with Gasteiger partial charge in [-0.3, -0.25) is 14.3 Å². The molecule has 2 heterocycles. The summed E-state index contributed by atoms with van der Waals surface area (Å²) in [4.78, 5) is 27.6. The average molecular weight is 290 g/mol. The predicted molar refractivity (Wildman–Crippen MR) is 78.0 cm³/mol. The van der Waals surface area contributed by atoms with E-state index < -0.39 is 0 Å². The zero-order valence-corrected chi connectivity index (χ0v) is 12.7. The van der Waals surface area contributed by atoms with Gasteiger partial charge >= 0.3 is 0 Å². The Morgan fingerprint density at radius 3 is 2.86 bits per heavy atom. The van der Waals surface area contributed by atoms with Gasteiger partial charge in [-0.1, -0.05) is 0 Å². The molecule has 1 aromatic rings. The van der Waals surface area contributed by atoms with E-state index in [-0.39, 0.29) is 11.8 Å². The minimum Gasteiger partial charge on any atom is -0.341 e. The van der Waals surface area contributed by atoms with E-state index in [0.29, 0.717) is 31.1 Å². The Morgan fingerprint density at radius 1 is 1.48 bits per heavy atom. The van der Waals surface area contributed by atoms with Crippen molar-refractivity contribution >= 4 is 11.8 Å². The van der Waals surface area contributed by atoms with Crippen LogP contribution < -0.4 is 0 Å². The van der Waals surface area contributed by atoms with Crippen LogP contribution in [0.4, 0.5) is 0 Å². The molecule has 0 unspecified atom stereocenters. The lowest BCUT2D eigenvalue weighted by Gasteiger charge is -2.21. The first-order valence-electron chi connectivity index (χ1n) is 7.63. The Bertz CT molecular complexity index is 562. The van der Waals surface area contributed by atoms with Gasteiger partial charge in [0.2, 0.25) is 5.91 Å². The van der Waals surface area contributed by atoms with Gasteiger partial charge in [-0.2, -0.15) is 5.10 Å². The third-order valence-electron chi connectivity index (χ3n) is 4.34. The highest BCUT2D eigenvalue weighted by atomic mass is 16.2. The number of likely N-dealkylation sites (N-methyl/N-ethyl adjacent to an activating group) is 1. The summed E-state index contributed by atoms with van der Waals surface area (Å²) >= 11 is 0. The molecule has 21 heavy (non-hydrogen) atoms. The van der Waals surface area contributed by atoms with Crippen molar-refractivity contribution < 1.29 is 9.59 Å². The SMILES string of the molecule is CN(CCN1CCCC1=O)C(=O)c1cc(C2CC2)nn1C. The molecule has 6 heteroatoms. The Labute approximate surface area is 124 Å². The van der Waals surface area contributed by atoms with E-state index in [4.69, 9.17) is 0 Å². The molecule has 0 aromatic carbocycles. The molecule has 2 amide bonds. The van der Waals surface area contributed by atoms with Gasteiger partial charge < -0.3 is 9.80 Å². The molecular weight excluding hydrogens is 268 g/mol. The van der Waals surface area contributed by atoms with Crippen LogP contribution in [0.3, 0.4) is 0 Å². The third-order valence-corrected chi connectivity index (χ3v) is 4.34. The van der Waals surface area contributed by atoms with Crippen molar-refractivity contribution in [3.63, 3.8) is 0 Å². The van der Waals surface area contributed by atoms with Crippen LogP contribution in [0.1, 0.15) is 47.8 Å². The fourth-order valence-electron chi connectivity index (χ4n) is 2.78. The summed E-state index contributed by atoms with van der Waals surface area (Å²) in [7, 11) is 3.60. The quantitative estimate of drug-likeness (QED) is 0.812. The maximum absolute atomic E-state index is 12.5. The molecule has 0 spiro atoms. The molecule has 2 fully saturated rings. The van der Waals surface area contributed by atoms with Gasteiger partial charge in [-0.15, -0.1) is 0 Å². The molecule has 0 radical (unpaired) electrons. The topological polar surface area (TPSA) is 58.4 Å². The minimum atomic E-state index is -0.0245. The molecule has 3 rings (SSSR count). The summed E-state index contributed by atoms with van der Waals surface area (Å²) in [5.41, 5.74) is 1.66. The van der Waals surface area contributed by atoms with Gasteiger partial charge in [-0.05, 0) is 25.3 Å². The minimum absolute atomic E-state index is 0.0245. The second-order valence-corrected chi connectivity index (χ2v) is 6.06. The van der Waals surface area contributed by atoms with Crippen LogP contribution in [-0.2, 0) is 11.8 Å². The largest absolute Gasteiger partial charge is 0.341 e. The molecule has 1 aliphatic carbocycles. The predicted octanol–water partition coefficient (Wildman–Crippen LogP) is 0.992. The number of likely N-dealkylation sites (tertiary alicyclic amines) is 1. The van der Waals surface area contributed by atoms with E-state index in [0.717, 1.165) is 18.7 Å². The molecular formula is C15H22N4O2. The number of hydrogen-bond acceptors (Lipinski definition) is 3. The Morgan fingerprint density at radius 2 is 2.24 bits per heavy atom. The van der Waals surface area contributed by atoms with Crippen LogP contribution >= 0.6 is 0 Å².